The molecular weight excluding hydrogens is 429 g/mol. The summed E-state index contributed by atoms with van der Waals surface area (Å²) in [5, 5.41) is 43.3. The van der Waals surface area contributed by atoms with Gasteiger partial charge in [0.2, 0.25) is 0 Å². The third-order valence-electron chi connectivity index (χ3n) is 2.74. The summed E-state index contributed by atoms with van der Waals surface area (Å²) in [6, 6.07) is 5.72. The topological polar surface area (TPSA) is 162 Å². The van der Waals surface area contributed by atoms with Crippen molar-refractivity contribution in [1.29, 1.82) is 0 Å². The van der Waals surface area contributed by atoms with Crippen molar-refractivity contribution in [3.05, 3.63) is 37.5 Å². The van der Waals surface area contributed by atoms with E-state index < -0.39 is 0 Å². The van der Waals surface area contributed by atoms with Crippen LogP contribution in [-0.2, 0) is 26.3 Å². The number of hydrogen-bond donors (Lipinski definition) is 4. The first-order valence-electron chi connectivity index (χ1n) is 7.74. The fourth-order valence-corrected chi connectivity index (χ4v) is 0.698. The zero-order valence-electron chi connectivity index (χ0n) is 17.3. The third kappa shape index (κ3) is 25.5. The van der Waals surface area contributed by atoms with E-state index in [1.807, 2.05) is 18.2 Å². The molecule has 11 nitrogen and oxygen atoms in total. The van der Waals surface area contributed by atoms with Gasteiger partial charge in [0, 0.05) is 32.9 Å². The Bertz CT molecular complexity index is 503. The molecule has 0 aromatic carbocycles. The van der Waals surface area contributed by atoms with Gasteiger partial charge in [-0.1, -0.05) is 26.7 Å². The molecule has 1 rings (SSSR count). The van der Waals surface area contributed by atoms with Gasteiger partial charge in [-0.05, 0) is 39.8 Å². The molecule has 0 saturated carbocycles. The van der Waals surface area contributed by atoms with Gasteiger partial charge in [-0.15, -0.1) is 0 Å². The molecule has 1 aromatic rings. The van der Waals surface area contributed by atoms with Crippen molar-refractivity contribution in [3.8, 4) is 0 Å². The normalized spacial score (nSPS) is 11.6. The van der Waals surface area contributed by atoms with E-state index in [-0.39, 0.29) is 23.1 Å². The Morgan fingerprint density at radius 2 is 1.00 bits per heavy atom. The van der Waals surface area contributed by atoms with Crippen LogP contribution in [0, 0.1) is 6.92 Å². The molecule has 0 atom stereocenters. The van der Waals surface area contributed by atoms with E-state index >= 15 is 0 Å². The third-order valence-corrected chi connectivity index (χ3v) is 2.74. The van der Waals surface area contributed by atoms with E-state index in [4.69, 9.17) is 20.8 Å². The van der Waals surface area contributed by atoms with E-state index in [0.29, 0.717) is 22.8 Å². The van der Waals surface area contributed by atoms with Crippen LogP contribution in [0.5, 0.6) is 0 Å². The molecule has 4 N–H and O–H groups in total. The molecule has 1 heterocycles. The molecule has 0 bridgehead atoms. The van der Waals surface area contributed by atoms with Crippen molar-refractivity contribution in [2.24, 2.45) is 20.6 Å². The molecule has 166 valence electrons. The van der Waals surface area contributed by atoms with E-state index in [1.165, 1.54) is 27.7 Å². The Balaban J connectivity index is -0.000000143. The van der Waals surface area contributed by atoms with Crippen molar-refractivity contribution < 1.29 is 47.1 Å². The van der Waals surface area contributed by atoms with Gasteiger partial charge in [0.15, 0.2) is 0 Å². The van der Waals surface area contributed by atoms with Gasteiger partial charge < -0.3 is 30.3 Å². The second kappa shape index (κ2) is 25.5. The number of oxime groups is 4. The minimum atomic E-state index is -0.315. The number of ether oxygens (including phenoxy) is 2. The van der Waals surface area contributed by atoms with Crippen LogP contribution in [0.1, 0.15) is 27.7 Å². The summed E-state index contributed by atoms with van der Waals surface area (Å²) in [7, 11) is 3.09. The van der Waals surface area contributed by atoms with Gasteiger partial charge in [-0.2, -0.15) is 0 Å². The Hall–Kier alpha value is -2.54. The molecule has 0 aliphatic rings. The van der Waals surface area contributed by atoms with Gasteiger partial charge in [-0.3, -0.25) is 11.9 Å². The van der Waals surface area contributed by atoms with E-state index in [1.54, 1.807) is 26.6 Å². The van der Waals surface area contributed by atoms with E-state index in [0.717, 1.165) is 0 Å². The summed E-state index contributed by atoms with van der Waals surface area (Å²) in [4.78, 5) is 3.78. The van der Waals surface area contributed by atoms with Crippen LogP contribution < -0.4 is 0 Å². The van der Waals surface area contributed by atoms with Crippen molar-refractivity contribution in [2.45, 2.75) is 34.0 Å². The summed E-state index contributed by atoms with van der Waals surface area (Å²) in [6.07, 6.45) is 3.19. The zero-order chi connectivity index (χ0) is 22.4. The molecule has 0 unspecified atom stereocenters. The summed E-state index contributed by atoms with van der Waals surface area (Å²) in [5.41, 5.74) is 1.25. The Morgan fingerprint density at radius 3 is 1.07 bits per heavy atom. The number of pyridine rings is 1. The fraction of sp³-hybridized carbons (Fsp3) is 0.412. The van der Waals surface area contributed by atoms with Gasteiger partial charge in [0.25, 0.3) is 0 Å². The number of nitrogens with zero attached hydrogens (tertiary/aromatic N) is 5. The van der Waals surface area contributed by atoms with Gasteiger partial charge in [0.1, 0.15) is 22.8 Å². The Morgan fingerprint density at radius 1 is 0.724 bits per heavy atom. The summed E-state index contributed by atoms with van der Waals surface area (Å²) in [6.45, 7) is 9.58. The fourth-order valence-electron chi connectivity index (χ4n) is 0.698. The second-order valence-corrected chi connectivity index (χ2v) is 4.67. The van der Waals surface area contributed by atoms with Crippen molar-refractivity contribution >= 4 is 22.8 Å². The summed E-state index contributed by atoms with van der Waals surface area (Å²) >= 11 is 0. The summed E-state index contributed by atoms with van der Waals surface area (Å²) in [5.74, 6) is 0. The van der Waals surface area contributed by atoms with Gasteiger partial charge in [-0.25, -0.2) is 0 Å². The molecule has 1 aromatic heterocycles. The predicted molar refractivity (Wildman–Crippen MR) is 107 cm³/mol. The molecule has 12 heteroatoms. The maximum absolute atomic E-state index is 8.03. The Kier molecular flexibility index (Phi) is 29.8. The van der Waals surface area contributed by atoms with E-state index in [9.17, 15) is 0 Å². The molecule has 0 spiro atoms. The first-order valence-corrected chi connectivity index (χ1v) is 7.74. The number of methoxy groups -OCH3 is 2. The monoisotopic (exact) mass is 459 g/mol. The number of rotatable bonds is 4. The smallest absolute Gasteiger partial charge is 0.411 e. The zero-order valence-corrected chi connectivity index (χ0v) is 18.4. The van der Waals surface area contributed by atoms with Crippen LogP contribution in [0.15, 0.2) is 51.2 Å². The second-order valence-electron chi connectivity index (χ2n) is 4.67. The van der Waals surface area contributed by atoms with Crippen LogP contribution >= 0.6 is 0 Å². The maximum atomic E-state index is 8.03. The molecule has 29 heavy (non-hydrogen) atoms. The van der Waals surface area contributed by atoms with Crippen LogP contribution in [0.25, 0.3) is 0 Å². The molecule has 0 saturated heterocycles. The first-order chi connectivity index (χ1) is 13.2. The minimum absolute atomic E-state index is 0. The van der Waals surface area contributed by atoms with Crippen molar-refractivity contribution in [2.75, 3.05) is 14.2 Å². The molecule has 0 fully saturated rings. The number of hydrogen-bond acceptors (Lipinski definition) is 11. The summed E-state index contributed by atoms with van der Waals surface area (Å²) < 4.78 is 9.13. The van der Waals surface area contributed by atoms with Crippen molar-refractivity contribution in [3.63, 3.8) is 0 Å². The molecule has 0 aliphatic carbocycles. The van der Waals surface area contributed by atoms with Gasteiger partial charge >= 0.3 is 16.8 Å². The molecular formula is C17H30CoN5O6+2. The van der Waals surface area contributed by atoms with Crippen LogP contribution in [0.4, 0.5) is 0 Å². The largest absolute Gasteiger partial charge is 3.00 e. The molecule has 0 aliphatic heterocycles. The minimum Gasteiger partial charge on any atom is -0.411 e. The Labute approximate surface area is 181 Å². The van der Waals surface area contributed by atoms with Crippen LogP contribution in [-0.4, -0.2) is 69.2 Å². The first kappa shape index (κ1) is 34.0. The average Bonchev–Trinajstić information content (AvgIpc) is 2.78. The SMILES string of the molecule is CC(=N\O)/C(C)=N/O.CC(=N\O)/C(C)=N/O.[CH2-]C(OC)OC.[Co+3].c1ccncc1. The van der Waals surface area contributed by atoms with Crippen LogP contribution in [0.3, 0.4) is 0 Å². The van der Waals surface area contributed by atoms with E-state index in [2.05, 4.69) is 42.0 Å². The quantitative estimate of drug-likeness (QED) is 0.177. The van der Waals surface area contributed by atoms with Crippen LogP contribution in [0.2, 0.25) is 0 Å². The predicted octanol–water partition coefficient (Wildman–Crippen LogP) is 2.89. The average molecular weight is 459 g/mol. The molecule has 0 radical (unpaired) electrons. The molecule has 0 amide bonds. The maximum Gasteiger partial charge on any atom is 3.00 e. The number of aromatic nitrogens is 1. The standard InChI is InChI=1S/C5H5N.2C4H8N2O2.C4H9O2.Co/c1-2-4-6-5-3-1;2*1-3(5-7)4(2)6-8;1-4(5-2)6-3;/h1-5H;2*7-8H,1-2H3;4H,1H2,2-3H3;/q;;;-1;+3/b;2*5-3+,6-4+;;. The van der Waals surface area contributed by atoms with Crippen molar-refractivity contribution in [1.82, 2.24) is 4.98 Å². The van der Waals surface area contributed by atoms with Gasteiger partial charge in [0.05, 0.1) is 0 Å².